The van der Waals surface area contributed by atoms with E-state index in [0.29, 0.717) is 22.9 Å². The van der Waals surface area contributed by atoms with Crippen molar-refractivity contribution >= 4 is 29.1 Å². The molecule has 0 saturated heterocycles. The molecule has 1 amide bonds. The summed E-state index contributed by atoms with van der Waals surface area (Å²) < 4.78 is 1.73. The topological polar surface area (TPSA) is 46.9 Å². The standard InChI is InChI=1S/C20H19Cl2N3O/c1-25-13-14(12-23-25)2-11-19(26)24-20(15-3-7-17(21)8-4-15)16-5-9-18(22)10-6-16/h3-10,12-13,20H,2,11H2,1H3,(H,24,26). The lowest BCUT2D eigenvalue weighted by atomic mass is 9.98. The molecule has 0 saturated carbocycles. The maximum absolute atomic E-state index is 12.5. The Kier molecular flexibility index (Phi) is 5.96. The summed E-state index contributed by atoms with van der Waals surface area (Å²) in [5, 5.41) is 8.56. The molecule has 1 aromatic heterocycles. The number of benzene rings is 2. The molecule has 0 radical (unpaired) electrons. The predicted octanol–water partition coefficient (Wildman–Crippen LogP) is 4.57. The number of nitrogens with zero attached hydrogens (tertiary/aromatic N) is 2. The van der Waals surface area contributed by atoms with Crippen LogP contribution in [0.4, 0.5) is 0 Å². The molecule has 1 heterocycles. The monoisotopic (exact) mass is 387 g/mol. The van der Waals surface area contributed by atoms with Gasteiger partial charge in [-0.1, -0.05) is 47.5 Å². The van der Waals surface area contributed by atoms with Crippen LogP contribution in [-0.4, -0.2) is 15.7 Å². The number of hydrogen-bond acceptors (Lipinski definition) is 2. The van der Waals surface area contributed by atoms with Crippen molar-refractivity contribution in [2.75, 3.05) is 0 Å². The Morgan fingerprint density at radius 2 is 1.58 bits per heavy atom. The largest absolute Gasteiger partial charge is 0.345 e. The number of aromatic nitrogens is 2. The minimum absolute atomic E-state index is 0.0243. The van der Waals surface area contributed by atoms with E-state index in [1.165, 1.54) is 0 Å². The average Bonchev–Trinajstić information content (AvgIpc) is 3.05. The molecule has 26 heavy (non-hydrogen) atoms. The normalized spacial score (nSPS) is 10.9. The van der Waals surface area contributed by atoms with Crippen LogP contribution in [0.2, 0.25) is 10.0 Å². The van der Waals surface area contributed by atoms with E-state index in [4.69, 9.17) is 23.2 Å². The van der Waals surface area contributed by atoms with Gasteiger partial charge in [0.1, 0.15) is 0 Å². The third-order valence-corrected chi connectivity index (χ3v) is 4.62. The van der Waals surface area contributed by atoms with Crippen molar-refractivity contribution in [3.8, 4) is 0 Å². The molecule has 0 bridgehead atoms. The molecule has 0 spiro atoms. The lowest BCUT2D eigenvalue weighted by molar-refractivity contribution is -0.121. The van der Waals surface area contributed by atoms with Crippen LogP contribution < -0.4 is 5.32 Å². The zero-order valence-corrected chi connectivity index (χ0v) is 15.8. The first-order chi connectivity index (χ1) is 12.5. The Balaban J connectivity index is 1.75. The number of rotatable bonds is 6. The van der Waals surface area contributed by atoms with E-state index in [1.807, 2.05) is 61.8 Å². The minimum atomic E-state index is -0.258. The number of carbonyl (C=O) groups is 1. The number of nitrogens with one attached hydrogen (secondary N) is 1. The zero-order valence-electron chi connectivity index (χ0n) is 14.3. The molecular formula is C20H19Cl2N3O. The minimum Gasteiger partial charge on any atom is -0.345 e. The van der Waals surface area contributed by atoms with Crippen molar-refractivity contribution in [3.05, 3.63) is 87.7 Å². The van der Waals surface area contributed by atoms with Gasteiger partial charge in [-0.25, -0.2) is 0 Å². The molecule has 0 fully saturated rings. The molecular weight excluding hydrogens is 369 g/mol. The first-order valence-electron chi connectivity index (χ1n) is 8.29. The van der Waals surface area contributed by atoms with Crippen molar-refractivity contribution in [2.24, 2.45) is 7.05 Å². The first kappa shape index (κ1) is 18.5. The molecule has 0 atom stereocenters. The Morgan fingerprint density at radius 1 is 1.04 bits per heavy atom. The van der Waals surface area contributed by atoms with Crippen molar-refractivity contribution in [3.63, 3.8) is 0 Å². The number of amides is 1. The molecule has 0 aliphatic rings. The van der Waals surface area contributed by atoms with Crippen LogP contribution in [0.15, 0.2) is 60.9 Å². The highest BCUT2D eigenvalue weighted by Crippen LogP contribution is 2.25. The van der Waals surface area contributed by atoms with Crippen LogP contribution in [0.1, 0.15) is 29.2 Å². The summed E-state index contributed by atoms with van der Waals surface area (Å²) in [4.78, 5) is 12.5. The quantitative estimate of drug-likeness (QED) is 0.673. The molecule has 0 aliphatic carbocycles. The second kappa shape index (κ2) is 8.39. The van der Waals surface area contributed by atoms with Crippen molar-refractivity contribution in [1.82, 2.24) is 15.1 Å². The lowest BCUT2D eigenvalue weighted by Gasteiger charge is -2.20. The fraction of sp³-hybridized carbons (Fsp3) is 0.200. The number of hydrogen-bond donors (Lipinski definition) is 1. The summed E-state index contributed by atoms with van der Waals surface area (Å²) in [6.45, 7) is 0. The van der Waals surface area contributed by atoms with Crippen LogP contribution in [0.25, 0.3) is 0 Å². The van der Waals surface area contributed by atoms with E-state index in [9.17, 15) is 4.79 Å². The van der Waals surface area contributed by atoms with Gasteiger partial charge in [-0.05, 0) is 47.4 Å². The average molecular weight is 388 g/mol. The number of halogens is 2. The van der Waals surface area contributed by atoms with Crippen LogP contribution in [0.3, 0.4) is 0 Å². The second-order valence-electron chi connectivity index (χ2n) is 6.13. The van der Waals surface area contributed by atoms with E-state index >= 15 is 0 Å². The van der Waals surface area contributed by atoms with E-state index in [2.05, 4.69) is 10.4 Å². The van der Waals surface area contributed by atoms with E-state index < -0.39 is 0 Å². The summed E-state index contributed by atoms with van der Waals surface area (Å²) in [6.07, 6.45) is 4.74. The van der Waals surface area contributed by atoms with Gasteiger partial charge in [0.15, 0.2) is 0 Å². The molecule has 6 heteroatoms. The van der Waals surface area contributed by atoms with Gasteiger partial charge in [0.25, 0.3) is 0 Å². The van der Waals surface area contributed by atoms with Crippen LogP contribution in [-0.2, 0) is 18.3 Å². The Bertz CT molecular complexity index is 827. The van der Waals surface area contributed by atoms with Gasteiger partial charge in [-0.3, -0.25) is 9.48 Å². The fourth-order valence-electron chi connectivity index (χ4n) is 2.76. The van der Waals surface area contributed by atoms with Gasteiger partial charge in [-0.15, -0.1) is 0 Å². The lowest BCUT2D eigenvalue weighted by Crippen LogP contribution is -2.29. The van der Waals surface area contributed by atoms with Crippen molar-refractivity contribution in [1.29, 1.82) is 0 Å². The predicted molar refractivity (Wildman–Crippen MR) is 104 cm³/mol. The summed E-state index contributed by atoms with van der Waals surface area (Å²) in [6, 6.07) is 14.7. The smallest absolute Gasteiger partial charge is 0.221 e. The molecule has 0 aliphatic heterocycles. The molecule has 3 aromatic rings. The van der Waals surface area contributed by atoms with Gasteiger partial charge in [-0.2, -0.15) is 5.10 Å². The third-order valence-electron chi connectivity index (χ3n) is 4.11. The van der Waals surface area contributed by atoms with Crippen LogP contribution in [0, 0.1) is 0 Å². The summed E-state index contributed by atoms with van der Waals surface area (Å²) in [5.41, 5.74) is 2.97. The maximum atomic E-state index is 12.5. The van der Waals surface area contributed by atoms with Crippen LogP contribution in [0.5, 0.6) is 0 Å². The maximum Gasteiger partial charge on any atom is 0.221 e. The molecule has 0 unspecified atom stereocenters. The highest BCUT2D eigenvalue weighted by Gasteiger charge is 2.17. The Hall–Kier alpha value is -2.30. The Labute approximate surface area is 162 Å². The molecule has 1 N–H and O–H groups in total. The summed E-state index contributed by atoms with van der Waals surface area (Å²) >= 11 is 12.0. The van der Waals surface area contributed by atoms with Gasteiger partial charge >= 0.3 is 0 Å². The van der Waals surface area contributed by atoms with Crippen molar-refractivity contribution in [2.45, 2.75) is 18.9 Å². The molecule has 134 valence electrons. The van der Waals surface area contributed by atoms with Gasteiger partial charge in [0, 0.05) is 29.7 Å². The summed E-state index contributed by atoms with van der Waals surface area (Å²) in [7, 11) is 1.86. The summed E-state index contributed by atoms with van der Waals surface area (Å²) in [5.74, 6) is -0.0243. The zero-order chi connectivity index (χ0) is 18.5. The Morgan fingerprint density at radius 3 is 2.04 bits per heavy atom. The molecule has 3 rings (SSSR count). The van der Waals surface area contributed by atoms with E-state index in [0.717, 1.165) is 16.7 Å². The number of aryl methyl sites for hydroxylation is 2. The molecule has 4 nitrogen and oxygen atoms in total. The van der Waals surface area contributed by atoms with Gasteiger partial charge in [0.2, 0.25) is 5.91 Å². The van der Waals surface area contributed by atoms with Crippen LogP contribution >= 0.6 is 23.2 Å². The fourth-order valence-corrected chi connectivity index (χ4v) is 3.01. The SMILES string of the molecule is Cn1cc(CCC(=O)NC(c2ccc(Cl)cc2)c2ccc(Cl)cc2)cn1. The number of carbonyl (C=O) groups excluding carboxylic acids is 1. The van der Waals surface area contributed by atoms with Crippen molar-refractivity contribution < 1.29 is 4.79 Å². The first-order valence-corrected chi connectivity index (χ1v) is 9.04. The van der Waals surface area contributed by atoms with Gasteiger partial charge < -0.3 is 5.32 Å². The molecule has 2 aromatic carbocycles. The second-order valence-corrected chi connectivity index (χ2v) is 7.00. The highest BCUT2D eigenvalue weighted by atomic mass is 35.5. The van der Waals surface area contributed by atoms with E-state index in [-0.39, 0.29) is 11.9 Å². The van der Waals surface area contributed by atoms with E-state index in [1.54, 1.807) is 10.9 Å². The highest BCUT2D eigenvalue weighted by molar-refractivity contribution is 6.30. The third kappa shape index (κ3) is 4.87. The van der Waals surface area contributed by atoms with Gasteiger partial charge in [0.05, 0.1) is 12.2 Å².